The van der Waals surface area contributed by atoms with Crippen molar-refractivity contribution in [2.75, 3.05) is 21.3 Å². The summed E-state index contributed by atoms with van der Waals surface area (Å²) in [6.45, 7) is 5.52. The molecule has 0 bridgehead atoms. The van der Waals surface area contributed by atoms with Crippen LogP contribution in [0, 0.1) is 0 Å². The third-order valence-corrected chi connectivity index (χ3v) is 7.46. The van der Waals surface area contributed by atoms with E-state index in [0.717, 1.165) is 18.9 Å². The van der Waals surface area contributed by atoms with Crippen LogP contribution in [0.4, 0.5) is 0 Å². The Labute approximate surface area is 155 Å². The van der Waals surface area contributed by atoms with Gasteiger partial charge in [-0.1, -0.05) is 57.9 Å². The van der Waals surface area contributed by atoms with Crippen molar-refractivity contribution in [2.24, 2.45) is 0 Å². The predicted octanol–water partition coefficient (Wildman–Crippen LogP) is 4.46. The molecule has 0 aromatic carbocycles. The molecular weight excluding hydrogens is 334 g/mol. The maximum absolute atomic E-state index is 11.2. The first-order valence-electron chi connectivity index (χ1n) is 9.62. The third-order valence-electron chi connectivity index (χ3n) is 4.63. The van der Waals surface area contributed by atoms with Crippen LogP contribution >= 0.6 is 0 Å². The van der Waals surface area contributed by atoms with Gasteiger partial charge in [0.2, 0.25) is 5.91 Å². The zero-order valence-electron chi connectivity index (χ0n) is 16.8. The summed E-state index contributed by atoms with van der Waals surface area (Å²) >= 11 is 0. The number of nitrogens with one attached hydrogen (secondary N) is 1. The summed E-state index contributed by atoms with van der Waals surface area (Å²) < 4.78 is 16.3. The predicted molar refractivity (Wildman–Crippen MR) is 106 cm³/mol. The highest BCUT2D eigenvalue weighted by atomic mass is 28.4. The monoisotopic (exact) mass is 373 g/mol. The fourth-order valence-electron chi connectivity index (χ4n) is 2.96. The van der Waals surface area contributed by atoms with Gasteiger partial charge >= 0.3 is 8.80 Å². The van der Waals surface area contributed by atoms with Crippen LogP contribution in [0.1, 0.15) is 71.1 Å². The minimum Gasteiger partial charge on any atom is -0.377 e. The molecule has 0 radical (unpaired) electrons. The van der Waals surface area contributed by atoms with Crippen LogP contribution in [-0.2, 0) is 18.1 Å². The Bertz CT molecular complexity index is 340. The van der Waals surface area contributed by atoms with E-state index in [4.69, 9.17) is 13.3 Å². The molecule has 148 valence electrons. The molecule has 0 rings (SSSR count). The molecule has 0 aliphatic carbocycles. The molecule has 0 saturated heterocycles. The van der Waals surface area contributed by atoms with Crippen LogP contribution in [0.15, 0.2) is 12.7 Å². The second-order valence-electron chi connectivity index (χ2n) is 6.63. The summed E-state index contributed by atoms with van der Waals surface area (Å²) in [6.07, 6.45) is 13.6. The quantitative estimate of drug-likeness (QED) is 0.232. The Kier molecular flexibility index (Phi) is 15.1. The van der Waals surface area contributed by atoms with Crippen LogP contribution in [0.2, 0.25) is 6.04 Å². The van der Waals surface area contributed by atoms with Gasteiger partial charge in [0.25, 0.3) is 0 Å². The maximum atomic E-state index is 11.2. The molecule has 6 heteroatoms. The molecule has 0 aliphatic rings. The first-order chi connectivity index (χ1) is 12.0. The molecule has 1 N–H and O–H groups in total. The lowest BCUT2D eigenvalue weighted by Crippen LogP contribution is -2.42. The number of hydrogen-bond donors (Lipinski definition) is 1. The number of unbranched alkanes of at least 4 members (excludes halogenated alkanes) is 8. The lowest BCUT2D eigenvalue weighted by Gasteiger charge is -2.24. The smallest absolute Gasteiger partial charge is 0.377 e. The van der Waals surface area contributed by atoms with Crippen molar-refractivity contribution in [2.45, 2.75) is 83.2 Å². The minimum absolute atomic E-state index is 0.0751. The van der Waals surface area contributed by atoms with Gasteiger partial charge in [0, 0.05) is 33.4 Å². The van der Waals surface area contributed by atoms with E-state index in [0.29, 0.717) is 0 Å². The fourth-order valence-corrected chi connectivity index (χ4v) is 4.75. The van der Waals surface area contributed by atoms with E-state index in [1.807, 2.05) is 0 Å². The van der Waals surface area contributed by atoms with Gasteiger partial charge in [0.1, 0.15) is 0 Å². The molecule has 1 unspecified atom stereocenters. The average molecular weight is 374 g/mol. The molecule has 0 spiro atoms. The minimum atomic E-state index is -2.36. The molecule has 0 aromatic rings. The zero-order chi connectivity index (χ0) is 19.0. The van der Waals surface area contributed by atoms with E-state index in [1.165, 1.54) is 57.4 Å². The van der Waals surface area contributed by atoms with Crippen molar-refractivity contribution < 1.29 is 18.1 Å². The van der Waals surface area contributed by atoms with Crippen LogP contribution in [0.25, 0.3) is 0 Å². The Hall–Kier alpha value is -0.693. The normalized spacial score (nSPS) is 12.8. The average Bonchev–Trinajstić information content (AvgIpc) is 2.63. The molecular formula is C19H39NO4Si. The Morgan fingerprint density at radius 1 is 0.920 bits per heavy atom. The van der Waals surface area contributed by atoms with E-state index in [-0.39, 0.29) is 11.9 Å². The van der Waals surface area contributed by atoms with Crippen molar-refractivity contribution >= 4 is 14.7 Å². The highest BCUT2D eigenvalue weighted by Gasteiger charge is 2.36. The summed E-state index contributed by atoms with van der Waals surface area (Å²) in [5.74, 6) is -0.0751. The van der Waals surface area contributed by atoms with Gasteiger partial charge in [-0.15, -0.1) is 0 Å². The van der Waals surface area contributed by atoms with E-state index in [9.17, 15) is 4.79 Å². The van der Waals surface area contributed by atoms with Gasteiger partial charge in [-0.05, 0) is 25.8 Å². The van der Waals surface area contributed by atoms with Crippen molar-refractivity contribution in [3.05, 3.63) is 12.7 Å². The van der Waals surface area contributed by atoms with Gasteiger partial charge in [0.05, 0.1) is 0 Å². The summed E-state index contributed by atoms with van der Waals surface area (Å²) in [5, 5.41) is 2.90. The molecule has 0 aliphatic heterocycles. The fraction of sp³-hybridized carbons (Fsp3) is 0.842. The lowest BCUT2D eigenvalue weighted by molar-refractivity contribution is -0.117. The standard InChI is InChI=1S/C19H39NO4Si/c1-6-19(21)20-18(2)16-14-12-10-8-7-9-11-13-15-17-25(22-3,23-4)24-5/h6,18H,1,7-17H2,2-5H3,(H,20,21). The van der Waals surface area contributed by atoms with Crippen molar-refractivity contribution in [3.63, 3.8) is 0 Å². The van der Waals surface area contributed by atoms with Crippen molar-refractivity contribution in [1.29, 1.82) is 0 Å². The number of hydrogen-bond acceptors (Lipinski definition) is 4. The van der Waals surface area contributed by atoms with Gasteiger partial charge < -0.3 is 18.6 Å². The summed E-state index contributed by atoms with van der Waals surface area (Å²) in [5.41, 5.74) is 0. The van der Waals surface area contributed by atoms with Crippen LogP contribution in [0.5, 0.6) is 0 Å². The lowest BCUT2D eigenvalue weighted by atomic mass is 10.0. The number of carbonyl (C=O) groups is 1. The number of rotatable bonds is 17. The molecule has 1 amide bonds. The highest BCUT2D eigenvalue weighted by Crippen LogP contribution is 2.18. The highest BCUT2D eigenvalue weighted by molar-refractivity contribution is 6.60. The summed E-state index contributed by atoms with van der Waals surface area (Å²) in [4.78, 5) is 11.2. The van der Waals surface area contributed by atoms with Gasteiger partial charge in [-0.2, -0.15) is 0 Å². The Morgan fingerprint density at radius 3 is 1.80 bits per heavy atom. The number of amides is 1. The first kappa shape index (κ1) is 24.3. The molecule has 1 atom stereocenters. The Balaban J connectivity index is 3.42. The summed E-state index contributed by atoms with van der Waals surface area (Å²) in [7, 11) is 2.66. The molecule has 0 saturated carbocycles. The molecule has 5 nitrogen and oxygen atoms in total. The topological polar surface area (TPSA) is 56.8 Å². The molecule has 0 fully saturated rings. The van der Waals surface area contributed by atoms with E-state index in [1.54, 1.807) is 21.3 Å². The van der Waals surface area contributed by atoms with Gasteiger partial charge in [-0.3, -0.25) is 4.79 Å². The summed E-state index contributed by atoms with van der Waals surface area (Å²) in [6, 6.07) is 1.14. The maximum Gasteiger partial charge on any atom is 0.500 e. The molecule has 25 heavy (non-hydrogen) atoms. The van der Waals surface area contributed by atoms with Crippen LogP contribution in [-0.4, -0.2) is 42.1 Å². The third kappa shape index (κ3) is 12.3. The van der Waals surface area contributed by atoms with E-state index < -0.39 is 8.80 Å². The largest absolute Gasteiger partial charge is 0.500 e. The molecule has 0 heterocycles. The second kappa shape index (κ2) is 15.6. The van der Waals surface area contributed by atoms with E-state index >= 15 is 0 Å². The van der Waals surface area contributed by atoms with Gasteiger partial charge in [-0.25, -0.2) is 0 Å². The number of carbonyl (C=O) groups excluding carboxylic acids is 1. The van der Waals surface area contributed by atoms with E-state index in [2.05, 4.69) is 18.8 Å². The second-order valence-corrected chi connectivity index (χ2v) is 9.72. The zero-order valence-corrected chi connectivity index (χ0v) is 17.8. The van der Waals surface area contributed by atoms with Crippen LogP contribution < -0.4 is 5.32 Å². The molecule has 0 aromatic heterocycles. The van der Waals surface area contributed by atoms with Crippen LogP contribution in [0.3, 0.4) is 0 Å². The van der Waals surface area contributed by atoms with Crippen molar-refractivity contribution in [3.8, 4) is 0 Å². The van der Waals surface area contributed by atoms with Crippen molar-refractivity contribution in [1.82, 2.24) is 5.32 Å². The Morgan fingerprint density at radius 2 is 1.36 bits per heavy atom. The van der Waals surface area contributed by atoms with Gasteiger partial charge in [0.15, 0.2) is 0 Å². The SMILES string of the molecule is C=CC(=O)NC(C)CCCCCCCCCCC[Si](OC)(OC)OC. The first-order valence-corrected chi connectivity index (χ1v) is 11.5.